The maximum atomic E-state index is 12.4. The predicted octanol–water partition coefficient (Wildman–Crippen LogP) is 1.99. The van der Waals surface area contributed by atoms with Crippen molar-refractivity contribution >= 4 is 22.9 Å². The molecule has 0 atom stereocenters. The van der Waals surface area contributed by atoms with Crippen LogP contribution < -0.4 is 10.2 Å². The van der Waals surface area contributed by atoms with Gasteiger partial charge in [0.25, 0.3) is 0 Å². The molecule has 7 nitrogen and oxygen atoms in total. The van der Waals surface area contributed by atoms with Crippen LogP contribution in [0.1, 0.15) is 5.56 Å². The summed E-state index contributed by atoms with van der Waals surface area (Å²) in [6, 6.07) is 11.9. The highest BCUT2D eigenvalue weighted by atomic mass is 16.2. The lowest BCUT2D eigenvalue weighted by Gasteiger charge is -2.35. The number of urea groups is 1. The van der Waals surface area contributed by atoms with Gasteiger partial charge in [0, 0.05) is 38.9 Å². The third-order valence-electron chi connectivity index (χ3n) is 4.49. The number of hydrogen-bond acceptors (Lipinski definition) is 4. The van der Waals surface area contributed by atoms with Crippen LogP contribution in [-0.2, 0) is 6.54 Å². The number of carbonyl (C=O) groups excluding carboxylic acids is 1. The van der Waals surface area contributed by atoms with Gasteiger partial charge in [-0.25, -0.2) is 14.8 Å². The first kappa shape index (κ1) is 15.4. The number of benzene rings is 1. The second-order valence-corrected chi connectivity index (χ2v) is 6.06. The zero-order valence-corrected chi connectivity index (χ0v) is 13.9. The highest BCUT2D eigenvalue weighted by Gasteiger charge is 2.23. The number of hydrogen-bond donors (Lipinski definition) is 2. The standard InChI is InChI=1S/C18H20N6O/c25-18(20-12-14-4-2-1-3-5-14)24-10-8-23(9-11-24)17-15-6-7-19-16(15)21-13-22-17/h1-7,13H,8-12H2,(H,20,25)(H,19,21,22). The fourth-order valence-corrected chi connectivity index (χ4v) is 3.12. The molecular weight excluding hydrogens is 316 g/mol. The van der Waals surface area contributed by atoms with E-state index >= 15 is 0 Å². The third-order valence-corrected chi connectivity index (χ3v) is 4.49. The molecule has 128 valence electrons. The van der Waals surface area contributed by atoms with E-state index in [0.717, 1.165) is 35.5 Å². The van der Waals surface area contributed by atoms with Crippen molar-refractivity contribution in [3.8, 4) is 0 Å². The smallest absolute Gasteiger partial charge is 0.317 e. The van der Waals surface area contributed by atoms with Gasteiger partial charge in [0.2, 0.25) is 0 Å². The Hall–Kier alpha value is -3.09. The maximum absolute atomic E-state index is 12.4. The number of fused-ring (bicyclic) bond motifs is 1. The zero-order valence-electron chi connectivity index (χ0n) is 13.9. The van der Waals surface area contributed by atoms with E-state index in [9.17, 15) is 4.79 Å². The van der Waals surface area contributed by atoms with Gasteiger partial charge >= 0.3 is 6.03 Å². The molecule has 0 radical (unpaired) electrons. The van der Waals surface area contributed by atoms with Gasteiger partial charge in [-0.05, 0) is 11.6 Å². The molecule has 0 unspecified atom stereocenters. The van der Waals surface area contributed by atoms with E-state index in [2.05, 4.69) is 25.2 Å². The summed E-state index contributed by atoms with van der Waals surface area (Å²) in [7, 11) is 0. The van der Waals surface area contributed by atoms with E-state index in [-0.39, 0.29) is 6.03 Å². The number of piperazine rings is 1. The van der Waals surface area contributed by atoms with Gasteiger partial charge in [-0.3, -0.25) is 0 Å². The van der Waals surface area contributed by atoms with E-state index in [1.54, 1.807) is 6.33 Å². The van der Waals surface area contributed by atoms with Gasteiger partial charge in [-0.1, -0.05) is 30.3 Å². The number of amides is 2. The van der Waals surface area contributed by atoms with Crippen LogP contribution in [-0.4, -0.2) is 52.1 Å². The Morgan fingerprint density at radius 1 is 1.08 bits per heavy atom. The Morgan fingerprint density at radius 2 is 1.88 bits per heavy atom. The topological polar surface area (TPSA) is 77.2 Å². The van der Waals surface area contributed by atoms with Crippen molar-refractivity contribution in [3.63, 3.8) is 0 Å². The molecule has 25 heavy (non-hydrogen) atoms. The second kappa shape index (κ2) is 6.80. The first-order valence-electron chi connectivity index (χ1n) is 8.41. The van der Waals surface area contributed by atoms with Crippen LogP contribution in [0, 0.1) is 0 Å². The first-order valence-corrected chi connectivity index (χ1v) is 8.41. The van der Waals surface area contributed by atoms with Crippen molar-refractivity contribution in [3.05, 3.63) is 54.5 Å². The molecule has 0 aliphatic carbocycles. The minimum Gasteiger partial charge on any atom is -0.352 e. The molecule has 1 aliphatic rings. The molecule has 0 bridgehead atoms. The van der Waals surface area contributed by atoms with E-state index in [0.29, 0.717) is 19.6 Å². The van der Waals surface area contributed by atoms with E-state index in [1.165, 1.54) is 0 Å². The Bertz CT molecular complexity index is 854. The molecular formula is C18H20N6O. The summed E-state index contributed by atoms with van der Waals surface area (Å²) >= 11 is 0. The van der Waals surface area contributed by atoms with Crippen LogP contribution in [0.4, 0.5) is 10.6 Å². The van der Waals surface area contributed by atoms with Crippen molar-refractivity contribution in [2.24, 2.45) is 0 Å². The molecule has 3 heterocycles. The molecule has 0 spiro atoms. The van der Waals surface area contributed by atoms with Gasteiger partial charge in [0.1, 0.15) is 17.8 Å². The predicted molar refractivity (Wildman–Crippen MR) is 96.4 cm³/mol. The number of H-pyrrole nitrogens is 1. The van der Waals surface area contributed by atoms with E-state index in [4.69, 9.17) is 0 Å². The highest BCUT2D eigenvalue weighted by molar-refractivity contribution is 5.87. The van der Waals surface area contributed by atoms with Crippen LogP contribution >= 0.6 is 0 Å². The monoisotopic (exact) mass is 336 g/mol. The van der Waals surface area contributed by atoms with Gasteiger partial charge < -0.3 is 20.1 Å². The molecule has 1 aromatic carbocycles. The summed E-state index contributed by atoms with van der Waals surface area (Å²) < 4.78 is 0. The molecule has 4 rings (SSSR count). The number of rotatable bonds is 3. The summed E-state index contributed by atoms with van der Waals surface area (Å²) in [5, 5.41) is 4.00. The highest BCUT2D eigenvalue weighted by Crippen LogP contribution is 2.22. The molecule has 2 N–H and O–H groups in total. The van der Waals surface area contributed by atoms with E-state index in [1.807, 2.05) is 47.5 Å². The maximum Gasteiger partial charge on any atom is 0.317 e. The molecule has 7 heteroatoms. The van der Waals surface area contributed by atoms with Crippen molar-refractivity contribution in [2.45, 2.75) is 6.54 Å². The second-order valence-electron chi connectivity index (χ2n) is 6.06. The fourth-order valence-electron chi connectivity index (χ4n) is 3.12. The Morgan fingerprint density at radius 3 is 2.68 bits per heavy atom. The molecule has 1 fully saturated rings. The number of nitrogens with one attached hydrogen (secondary N) is 2. The number of aromatic amines is 1. The van der Waals surface area contributed by atoms with Gasteiger partial charge in [-0.15, -0.1) is 0 Å². The summed E-state index contributed by atoms with van der Waals surface area (Å²) in [4.78, 5) is 28.2. The molecule has 2 amide bonds. The van der Waals surface area contributed by atoms with Crippen LogP contribution in [0.2, 0.25) is 0 Å². The lowest BCUT2D eigenvalue weighted by molar-refractivity contribution is 0.194. The molecule has 3 aromatic rings. The molecule has 1 aliphatic heterocycles. The molecule has 1 saturated heterocycles. The quantitative estimate of drug-likeness (QED) is 0.767. The molecule has 0 saturated carbocycles. The fraction of sp³-hybridized carbons (Fsp3) is 0.278. The first-order chi connectivity index (χ1) is 12.3. The minimum atomic E-state index is -0.0158. The minimum absolute atomic E-state index is 0.0158. The lowest BCUT2D eigenvalue weighted by atomic mass is 10.2. The lowest BCUT2D eigenvalue weighted by Crippen LogP contribution is -2.52. The van der Waals surface area contributed by atoms with Crippen LogP contribution in [0.3, 0.4) is 0 Å². The third kappa shape index (κ3) is 3.26. The van der Waals surface area contributed by atoms with Crippen molar-refractivity contribution in [1.82, 2.24) is 25.2 Å². The number of anilines is 1. The SMILES string of the molecule is O=C(NCc1ccccc1)N1CCN(c2ncnc3[nH]ccc23)CC1. The largest absolute Gasteiger partial charge is 0.352 e. The van der Waals surface area contributed by atoms with Crippen molar-refractivity contribution in [1.29, 1.82) is 0 Å². The Labute approximate surface area is 145 Å². The van der Waals surface area contributed by atoms with Crippen LogP contribution in [0.15, 0.2) is 48.9 Å². The average Bonchev–Trinajstić information content (AvgIpc) is 3.16. The molecule has 2 aromatic heterocycles. The number of carbonyl (C=O) groups is 1. The summed E-state index contributed by atoms with van der Waals surface area (Å²) in [5.41, 5.74) is 1.94. The van der Waals surface area contributed by atoms with Crippen LogP contribution in [0.25, 0.3) is 11.0 Å². The van der Waals surface area contributed by atoms with Crippen molar-refractivity contribution in [2.75, 3.05) is 31.1 Å². The normalized spacial score (nSPS) is 14.7. The van der Waals surface area contributed by atoms with Crippen molar-refractivity contribution < 1.29 is 4.79 Å². The Kier molecular flexibility index (Phi) is 4.20. The summed E-state index contributed by atoms with van der Waals surface area (Å²) in [6.45, 7) is 3.43. The number of aromatic nitrogens is 3. The average molecular weight is 336 g/mol. The number of nitrogens with zero attached hydrogens (tertiary/aromatic N) is 4. The van der Waals surface area contributed by atoms with Crippen LogP contribution in [0.5, 0.6) is 0 Å². The summed E-state index contributed by atoms with van der Waals surface area (Å²) in [6.07, 6.45) is 3.45. The van der Waals surface area contributed by atoms with E-state index < -0.39 is 0 Å². The Balaban J connectivity index is 1.35. The van der Waals surface area contributed by atoms with Gasteiger partial charge in [-0.2, -0.15) is 0 Å². The van der Waals surface area contributed by atoms with Gasteiger partial charge in [0.15, 0.2) is 0 Å². The van der Waals surface area contributed by atoms with Gasteiger partial charge in [0.05, 0.1) is 5.39 Å². The summed E-state index contributed by atoms with van der Waals surface area (Å²) in [5.74, 6) is 0.926. The zero-order chi connectivity index (χ0) is 17.1.